The predicted octanol–water partition coefficient (Wildman–Crippen LogP) is 5.69. The number of rotatable bonds is 2. The lowest BCUT2D eigenvalue weighted by Crippen LogP contribution is -1.91. The Morgan fingerprint density at radius 3 is 2.44 bits per heavy atom. The Morgan fingerprint density at radius 1 is 1.12 bits per heavy atom. The first-order valence-corrected chi connectivity index (χ1v) is 6.80. The molecular formula is C12H9Cl3S. The van der Waals surface area contributed by atoms with Gasteiger partial charge in [0.15, 0.2) is 0 Å². The summed E-state index contributed by atoms with van der Waals surface area (Å²) in [6, 6.07) is 7.70. The second-order valence-electron chi connectivity index (χ2n) is 3.50. The van der Waals surface area contributed by atoms with Crippen LogP contribution in [0.5, 0.6) is 0 Å². The van der Waals surface area contributed by atoms with E-state index in [2.05, 4.69) is 0 Å². The highest BCUT2D eigenvalue weighted by atomic mass is 35.5. The molecule has 0 fully saturated rings. The smallest absolute Gasteiger partial charge is 0.0943 e. The Bertz CT molecular complexity index is 505. The quantitative estimate of drug-likeness (QED) is 0.623. The molecule has 1 atom stereocenters. The first kappa shape index (κ1) is 12.3. The fourth-order valence-corrected chi connectivity index (χ4v) is 3.22. The van der Waals surface area contributed by atoms with Crippen LogP contribution in [0, 0.1) is 6.92 Å². The van der Waals surface area contributed by atoms with Crippen LogP contribution in [0.1, 0.15) is 21.4 Å². The Morgan fingerprint density at radius 2 is 1.88 bits per heavy atom. The van der Waals surface area contributed by atoms with Gasteiger partial charge < -0.3 is 0 Å². The van der Waals surface area contributed by atoms with E-state index in [4.69, 9.17) is 34.8 Å². The molecule has 0 aliphatic rings. The molecule has 0 nitrogen and oxygen atoms in total. The summed E-state index contributed by atoms with van der Waals surface area (Å²) in [5.74, 6) is 0. The van der Waals surface area contributed by atoms with Gasteiger partial charge in [0.25, 0.3) is 0 Å². The van der Waals surface area contributed by atoms with Gasteiger partial charge >= 0.3 is 0 Å². The lowest BCUT2D eigenvalue weighted by molar-refractivity contribution is 1.18. The van der Waals surface area contributed by atoms with Gasteiger partial charge in [-0.1, -0.05) is 35.3 Å². The molecule has 0 amide bonds. The molecule has 16 heavy (non-hydrogen) atoms. The zero-order valence-electron chi connectivity index (χ0n) is 8.51. The van der Waals surface area contributed by atoms with Gasteiger partial charge in [-0.2, -0.15) is 0 Å². The van der Waals surface area contributed by atoms with Crippen molar-refractivity contribution in [1.29, 1.82) is 0 Å². The molecule has 84 valence electrons. The van der Waals surface area contributed by atoms with Crippen molar-refractivity contribution in [2.24, 2.45) is 0 Å². The van der Waals surface area contributed by atoms with E-state index >= 15 is 0 Å². The summed E-state index contributed by atoms with van der Waals surface area (Å²) in [4.78, 5) is 0.961. The van der Waals surface area contributed by atoms with Crippen LogP contribution in [0.2, 0.25) is 10.0 Å². The fourth-order valence-electron chi connectivity index (χ4n) is 1.40. The number of alkyl halides is 1. The van der Waals surface area contributed by atoms with Crippen molar-refractivity contribution in [2.45, 2.75) is 12.3 Å². The highest BCUT2D eigenvalue weighted by Crippen LogP contribution is 2.38. The molecule has 0 radical (unpaired) electrons. The van der Waals surface area contributed by atoms with E-state index in [0.29, 0.717) is 5.02 Å². The number of halogens is 3. The second kappa shape index (κ2) is 4.97. The zero-order chi connectivity index (χ0) is 11.7. The highest BCUT2D eigenvalue weighted by Gasteiger charge is 2.16. The molecule has 2 rings (SSSR count). The molecule has 0 aliphatic heterocycles. The van der Waals surface area contributed by atoms with Crippen LogP contribution in [0.3, 0.4) is 0 Å². The summed E-state index contributed by atoms with van der Waals surface area (Å²) in [5, 5.41) is 3.14. The normalized spacial score (nSPS) is 12.8. The maximum atomic E-state index is 6.37. The predicted molar refractivity (Wildman–Crippen MR) is 73.2 cm³/mol. The highest BCUT2D eigenvalue weighted by molar-refractivity contribution is 7.11. The van der Waals surface area contributed by atoms with Crippen LogP contribution in [0.15, 0.2) is 29.6 Å². The Hall–Kier alpha value is -0.210. The molecule has 0 aliphatic carbocycles. The molecule has 1 aromatic heterocycles. The molecule has 4 heteroatoms. The number of hydrogen-bond acceptors (Lipinski definition) is 1. The third kappa shape index (κ3) is 2.38. The van der Waals surface area contributed by atoms with Gasteiger partial charge in [-0.15, -0.1) is 22.9 Å². The van der Waals surface area contributed by atoms with Gasteiger partial charge in [0.2, 0.25) is 0 Å². The summed E-state index contributed by atoms with van der Waals surface area (Å²) in [7, 11) is 0. The number of aryl methyl sites for hydroxylation is 1. The van der Waals surface area contributed by atoms with Crippen molar-refractivity contribution in [3.05, 3.63) is 55.7 Å². The summed E-state index contributed by atoms with van der Waals surface area (Å²) < 4.78 is 0. The van der Waals surface area contributed by atoms with E-state index in [1.807, 2.05) is 36.6 Å². The number of thiophene rings is 1. The van der Waals surface area contributed by atoms with Gasteiger partial charge in [0.1, 0.15) is 0 Å². The first-order chi connectivity index (χ1) is 7.59. The maximum Gasteiger partial charge on any atom is 0.0943 e. The van der Waals surface area contributed by atoms with E-state index < -0.39 is 0 Å². The van der Waals surface area contributed by atoms with Crippen LogP contribution in [0.25, 0.3) is 0 Å². The van der Waals surface area contributed by atoms with Gasteiger partial charge in [-0.3, -0.25) is 0 Å². The van der Waals surface area contributed by atoms with Crippen LogP contribution in [0.4, 0.5) is 0 Å². The summed E-state index contributed by atoms with van der Waals surface area (Å²) in [6.07, 6.45) is 0. The van der Waals surface area contributed by atoms with Crippen LogP contribution in [-0.2, 0) is 0 Å². The lowest BCUT2D eigenvalue weighted by Gasteiger charge is -2.10. The summed E-state index contributed by atoms with van der Waals surface area (Å²) in [5.41, 5.74) is 2.02. The van der Waals surface area contributed by atoms with Crippen LogP contribution < -0.4 is 0 Å². The monoisotopic (exact) mass is 290 g/mol. The van der Waals surface area contributed by atoms with E-state index in [1.165, 1.54) is 0 Å². The SMILES string of the molecule is Cc1ccc(C(Cl)c2sccc2Cl)cc1Cl. The van der Waals surface area contributed by atoms with Crippen molar-refractivity contribution in [3.8, 4) is 0 Å². The van der Waals surface area contributed by atoms with Crippen molar-refractivity contribution in [3.63, 3.8) is 0 Å². The van der Waals surface area contributed by atoms with Gasteiger partial charge in [-0.25, -0.2) is 0 Å². The molecule has 1 aromatic carbocycles. The standard InChI is InChI=1S/C12H9Cl3S/c1-7-2-3-8(6-10(7)14)11(15)12-9(13)4-5-16-12/h2-6,11H,1H3. The zero-order valence-corrected chi connectivity index (χ0v) is 11.6. The molecule has 1 unspecified atom stereocenters. The van der Waals surface area contributed by atoms with Crippen molar-refractivity contribution in [1.82, 2.24) is 0 Å². The Labute approximate surface area is 114 Å². The van der Waals surface area contributed by atoms with Crippen LogP contribution in [-0.4, -0.2) is 0 Å². The second-order valence-corrected chi connectivity index (χ2v) is 5.70. The average molecular weight is 292 g/mol. The minimum absolute atomic E-state index is 0.231. The first-order valence-electron chi connectivity index (χ1n) is 4.72. The molecule has 0 bridgehead atoms. The van der Waals surface area contributed by atoms with Gasteiger partial charge in [0, 0.05) is 9.90 Å². The van der Waals surface area contributed by atoms with Crippen molar-refractivity contribution < 1.29 is 0 Å². The molecule has 0 saturated heterocycles. The Kier molecular flexibility index (Phi) is 3.81. The van der Waals surface area contributed by atoms with E-state index in [0.717, 1.165) is 21.0 Å². The van der Waals surface area contributed by atoms with E-state index in [1.54, 1.807) is 11.3 Å². The minimum atomic E-state index is -0.231. The van der Waals surface area contributed by atoms with E-state index in [9.17, 15) is 0 Å². The third-order valence-electron chi connectivity index (χ3n) is 2.36. The number of hydrogen-bond donors (Lipinski definition) is 0. The topological polar surface area (TPSA) is 0 Å². The molecular weight excluding hydrogens is 283 g/mol. The molecule has 0 saturated carbocycles. The Balaban J connectivity index is 2.38. The van der Waals surface area contributed by atoms with Gasteiger partial charge in [-0.05, 0) is 35.6 Å². The van der Waals surface area contributed by atoms with Crippen LogP contribution >= 0.6 is 46.1 Å². The lowest BCUT2D eigenvalue weighted by atomic mass is 10.1. The van der Waals surface area contributed by atoms with Crippen molar-refractivity contribution in [2.75, 3.05) is 0 Å². The maximum absolute atomic E-state index is 6.37. The molecule has 2 aromatic rings. The third-order valence-corrected chi connectivity index (χ3v) is 4.79. The molecule has 0 spiro atoms. The summed E-state index contributed by atoms with van der Waals surface area (Å²) in [6.45, 7) is 1.97. The van der Waals surface area contributed by atoms with Gasteiger partial charge in [0.05, 0.1) is 10.4 Å². The number of benzene rings is 1. The molecule has 0 N–H and O–H groups in total. The van der Waals surface area contributed by atoms with Crippen molar-refractivity contribution >= 4 is 46.1 Å². The average Bonchev–Trinajstić information content (AvgIpc) is 2.67. The minimum Gasteiger partial charge on any atom is -0.145 e. The largest absolute Gasteiger partial charge is 0.145 e. The summed E-state index contributed by atoms with van der Waals surface area (Å²) >= 11 is 20.0. The van der Waals surface area contributed by atoms with E-state index in [-0.39, 0.29) is 5.38 Å². The fraction of sp³-hybridized carbons (Fsp3) is 0.167. The molecule has 1 heterocycles.